The molecule has 2 aromatic rings. The van der Waals surface area contributed by atoms with Gasteiger partial charge in [-0.05, 0) is 30.3 Å². The van der Waals surface area contributed by atoms with Crippen LogP contribution in [0.4, 0.5) is 0 Å². The van der Waals surface area contributed by atoms with E-state index in [2.05, 4.69) is 10.9 Å². The molecule has 2 N–H and O–H groups in total. The van der Waals surface area contributed by atoms with Gasteiger partial charge in [-0.1, -0.05) is 23.2 Å². The van der Waals surface area contributed by atoms with Gasteiger partial charge in [-0.15, -0.1) is 0 Å². The second-order valence-electron chi connectivity index (χ2n) is 4.93. The zero-order valence-corrected chi connectivity index (χ0v) is 14.2. The van der Waals surface area contributed by atoms with E-state index in [1.54, 1.807) is 24.3 Å². The summed E-state index contributed by atoms with van der Waals surface area (Å²) in [6.07, 6.45) is 0. The first-order valence-electron chi connectivity index (χ1n) is 7.09. The lowest BCUT2D eigenvalue weighted by atomic mass is 10.2. The van der Waals surface area contributed by atoms with E-state index in [0.29, 0.717) is 27.1 Å². The highest BCUT2D eigenvalue weighted by Gasteiger charge is 2.16. The van der Waals surface area contributed by atoms with Crippen molar-refractivity contribution in [1.82, 2.24) is 10.9 Å². The molecule has 25 heavy (non-hydrogen) atoms. The fraction of sp³-hybridized carbons (Fsp3) is 0.125. The maximum absolute atomic E-state index is 12.0. The van der Waals surface area contributed by atoms with E-state index in [0.717, 1.165) is 0 Å². The van der Waals surface area contributed by atoms with E-state index in [9.17, 15) is 9.59 Å². The average molecular weight is 383 g/mol. The highest BCUT2D eigenvalue weighted by atomic mass is 35.5. The molecule has 0 radical (unpaired) electrons. The molecule has 0 bridgehead atoms. The van der Waals surface area contributed by atoms with Crippen molar-refractivity contribution in [3.05, 3.63) is 52.0 Å². The Bertz CT molecular complexity index is 828. The van der Waals surface area contributed by atoms with Gasteiger partial charge in [0.05, 0.1) is 5.02 Å². The molecule has 0 saturated heterocycles. The molecule has 130 valence electrons. The summed E-state index contributed by atoms with van der Waals surface area (Å²) in [4.78, 5) is 23.8. The highest BCUT2D eigenvalue weighted by molar-refractivity contribution is 6.34. The number of hydrogen-bond acceptors (Lipinski definition) is 5. The van der Waals surface area contributed by atoms with E-state index in [1.165, 1.54) is 12.1 Å². The standard InChI is InChI=1S/C16H12Cl2N2O5/c17-10-2-3-11(18)13(6-10)23-7-15(21)19-20-16(22)9-1-4-12-14(5-9)25-8-24-12/h1-6H,7-8H2,(H,19,21)(H,20,22). The Hall–Kier alpha value is -2.64. The van der Waals surface area contributed by atoms with Gasteiger partial charge < -0.3 is 14.2 Å². The highest BCUT2D eigenvalue weighted by Crippen LogP contribution is 2.32. The summed E-state index contributed by atoms with van der Waals surface area (Å²) in [5, 5.41) is 0.748. The van der Waals surface area contributed by atoms with Crippen molar-refractivity contribution in [1.29, 1.82) is 0 Å². The second-order valence-corrected chi connectivity index (χ2v) is 5.78. The van der Waals surface area contributed by atoms with E-state index in [4.69, 9.17) is 37.4 Å². The van der Waals surface area contributed by atoms with Crippen LogP contribution < -0.4 is 25.1 Å². The van der Waals surface area contributed by atoms with Crippen molar-refractivity contribution in [2.24, 2.45) is 0 Å². The first kappa shape index (κ1) is 17.2. The quantitative estimate of drug-likeness (QED) is 0.793. The Morgan fingerprint density at radius 2 is 1.84 bits per heavy atom. The van der Waals surface area contributed by atoms with E-state index >= 15 is 0 Å². The first-order chi connectivity index (χ1) is 12.0. The molecule has 0 saturated carbocycles. The average Bonchev–Trinajstić information content (AvgIpc) is 3.08. The number of rotatable bonds is 4. The minimum absolute atomic E-state index is 0.112. The van der Waals surface area contributed by atoms with Gasteiger partial charge in [0.25, 0.3) is 11.8 Å². The molecule has 0 spiro atoms. The summed E-state index contributed by atoms with van der Waals surface area (Å²) >= 11 is 11.8. The molecule has 1 aliphatic rings. The van der Waals surface area contributed by atoms with Crippen LogP contribution in [0.2, 0.25) is 10.0 Å². The van der Waals surface area contributed by atoms with Crippen molar-refractivity contribution in [3.63, 3.8) is 0 Å². The van der Waals surface area contributed by atoms with Gasteiger partial charge in [-0.25, -0.2) is 0 Å². The van der Waals surface area contributed by atoms with Crippen LogP contribution in [0.25, 0.3) is 0 Å². The van der Waals surface area contributed by atoms with Crippen LogP contribution in [0, 0.1) is 0 Å². The van der Waals surface area contributed by atoms with Gasteiger partial charge in [-0.3, -0.25) is 20.4 Å². The normalized spacial score (nSPS) is 11.8. The van der Waals surface area contributed by atoms with Crippen LogP contribution in [0.3, 0.4) is 0 Å². The Labute approximate surface area is 152 Å². The number of ether oxygens (including phenoxy) is 3. The Morgan fingerprint density at radius 1 is 1.04 bits per heavy atom. The lowest BCUT2D eigenvalue weighted by molar-refractivity contribution is -0.123. The Balaban J connectivity index is 1.50. The zero-order valence-electron chi connectivity index (χ0n) is 12.7. The molecule has 1 aliphatic heterocycles. The summed E-state index contributed by atoms with van der Waals surface area (Å²) < 4.78 is 15.6. The van der Waals surface area contributed by atoms with Gasteiger partial charge in [0.15, 0.2) is 18.1 Å². The number of benzene rings is 2. The molecule has 0 fully saturated rings. The van der Waals surface area contributed by atoms with Crippen LogP contribution in [0.1, 0.15) is 10.4 Å². The molecular weight excluding hydrogens is 371 g/mol. The summed E-state index contributed by atoms with van der Waals surface area (Å²) in [6, 6.07) is 9.33. The third kappa shape index (κ3) is 4.26. The van der Waals surface area contributed by atoms with Crippen molar-refractivity contribution in [2.45, 2.75) is 0 Å². The van der Waals surface area contributed by atoms with Gasteiger partial charge in [0.1, 0.15) is 5.75 Å². The molecule has 0 aromatic heterocycles. The molecular formula is C16H12Cl2N2O5. The fourth-order valence-corrected chi connectivity index (χ4v) is 2.34. The first-order valence-corrected chi connectivity index (χ1v) is 7.85. The van der Waals surface area contributed by atoms with Gasteiger partial charge in [0, 0.05) is 16.7 Å². The summed E-state index contributed by atoms with van der Waals surface area (Å²) in [6.45, 7) is -0.234. The minimum atomic E-state index is -0.565. The van der Waals surface area contributed by atoms with Gasteiger partial charge in [0.2, 0.25) is 6.79 Å². The van der Waals surface area contributed by atoms with Gasteiger partial charge >= 0.3 is 0 Å². The fourth-order valence-electron chi connectivity index (χ4n) is 2.00. The molecule has 0 aliphatic carbocycles. The SMILES string of the molecule is O=C(COc1cc(Cl)ccc1Cl)NNC(=O)c1ccc2c(c1)OCO2. The van der Waals surface area contributed by atoms with Gasteiger partial charge in [-0.2, -0.15) is 0 Å². The van der Waals surface area contributed by atoms with Crippen LogP contribution >= 0.6 is 23.2 Å². The molecule has 7 nitrogen and oxygen atoms in total. The third-order valence-electron chi connectivity index (χ3n) is 3.20. The second kappa shape index (κ2) is 7.50. The monoisotopic (exact) mass is 382 g/mol. The summed E-state index contributed by atoms with van der Waals surface area (Å²) in [5.41, 5.74) is 4.83. The molecule has 2 aromatic carbocycles. The lowest BCUT2D eigenvalue weighted by Gasteiger charge is -2.10. The van der Waals surface area contributed by atoms with Crippen molar-refractivity contribution in [2.75, 3.05) is 13.4 Å². The Morgan fingerprint density at radius 3 is 2.68 bits per heavy atom. The number of carbonyl (C=O) groups excluding carboxylic acids is 2. The number of amides is 2. The summed E-state index contributed by atoms with van der Waals surface area (Å²) in [5.74, 6) is 0.231. The van der Waals surface area contributed by atoms with E-state index < -0.39 is 11.8 Å². The number of hydrazine groups is 1. The van der Waals surface area contributed by atoms with Crippen molar-refractivity contribution in [3.8, 4) is 17.2 Å². The predicted molar refractivity (Wildman–Crippen MR) is 90.1 cm³/mol. The largest absolute Gasteiger partial charge is 0.482 e. The smallest absolute Gasteiger partial charge is 0.276 e. The van der Waals surface area contributed by atoms with Crippen molar-refractivity contribution < 1.29 is 23.8 Å². The number of hydrogen-bond donors (Lipinski definition) is 2. The maximum atomic E-state index is 12.0. The predicted octanol–water partition coefficient (Wildman–Crippen LogP) is 2.56. The number of halogens is 2. The molecule has 9 heteroatoms. The Kier molecular flexibility index (Phi) is 5.16. The van der Waals surface area contributed by atoms with Crippen LogP contribution in [0.5, 0.6) is 17.2 Å². The zero-order chi connectivity index (χ0) is 17.8. The minimum Gasteiger partial charge on any atom is -0.482 e. The molecule has 1 heterocycles. The topological polar surface area (TPSA) is 85.9 Å². The third-order valence-corrected chi connectivity index (χ3v) is 3.75. The lowest BCUT2D eigenvalue weighted by Crippen LogP contribution is -2.43. The number of fused-ring (bicyclic) bond motifs is 1. The van der Waals surface area contributed by atoms with Crippen LogP contribution in [-0.4, -0.2) is 25.2 Å². The molecule has 0 atom stereocenters. The molecule has 3 rings (SSSR count). The van der Waals surface area contributed by atoms with Crippen molar-refractivity contribution >= 4 is 35.0 Å². The summed E-state index contributed by atoms with van der Waals surface area (Å²) in [7, 11) is 0. The molecule has 2 amide bonds. The number of nitrogens with one attached hydrogen (secondary N) is 2. The van der Waals surface area contributed by atoms with Crippen LogP contribution in [0.15, 0.2) is 36.4 Å². The van der Waals surface area contributed by atoms with Crippen LogP contribution in [-0.2, 0) is 4.79 Å². The maximum Gasteiger partial charge on any atom is 0.276 e. The van der Waals surface area contributed by atoms with E-state index in [-0.39, 0.29) is 19.1 Å². The number of carbonyl (C=O) groups is 2. The van der Waals surface area contributed by atoms with E-state index in [1.807, 2.05) is 0 Å². The molecule has 0 unspecified atom stereocenters.